The van der Waals surface area contributed by atoms with Crippen LogP contribution in [0.4, 0.5) is 4.39 Å². The highest BCUT2D eigenvalue weighted by Gasteiger charge is 2.31. The quantitative estimate of drug-likeness (QED) is 0.511. The second-order valence-corrected chi connectivity index (χ2v) is 7.60. The maximum atomic E-state index is 14.0. The van der Waals surface area contributed by atoms with E-state index < -0.39 is 0 Å². The molecule has 0 radical (unpaired) electrons. The van der Waals surface area contributed by atoms with Crippen molar-refractivity contribution in [3.8, 4) is 22.8 Å². The summed E-state index contributed by atoms with van der Waals surface area (Å²) in [5, 5.41) is 0. The Morgan fingerprint density at radius 2 is 1.97 bits per heavy atom. The highest BCUT2D eigenvalue weighted by atomic mass is 19.1. The molecule has 1 fully saturated rings. The van der Waals surface area contributed by atoms with Crippen molar-refractivity contribution >= 4 is 5.91 Å². The van der Waals surface area contributed by atoms with Crippen molar-refractivity contribution in [3.05, 3.63) is 71.7 Å². The van der Waals surface area contributed by atoms with Gasteiger partial charge in [0, 0.05) is 31.0 Å². The van der Waals surface area contributed by atoms with Gasteiger partial charge in [0.1, 0.15) is 28.8 Å². The van der Waals surface area contributed by atoms with Gasteiger partial charge in [0.15, 0.2) is 0 Å². The number of likely N-dealkylation sites (tertiary alicyclic amines) is 1. The smallest absolute Gasteiger partial charge is 0.223 e. The Morgan fingerprint density at radius 1 is 1.13 bits per heavy atom. The molecule has 1 unspecified atom stereocenters. The third kappa shape index (κ3) is 4.43. The monoisotopic (exact) mass is 423 g/mol. The summed E-state index contributed by atoms with van der Waals surface area (Å²) in [5.74, 6) is 2.34. The Bertz CT molecular complexity index is 1060. The summed E-state index contributed by atoms with van der Waals surface area (Å²) in [5.41, 5.74) is 1.42. The van der Waals surface area contributed by atoms with Crippen LogP contribution in [0.15, 0.2) is 59.0 Å². The number of aryl methyl sites for hydroxylation is 1. The largest absolute Gasteiger partial charge is 0.497 e. The summed E-state index contributed by atoms with van der Waals surface area (Å²) in [6, 6.07) is 15.8. The van der Waals surface area contributed by atoms with Crippen LogP contribution in [0.3, 0.4) is 0 Å². The maximum Gasteiger partial charge on any atom is 0.223 e. The Kier molecular flexibility index (Phi) is 6.26. The standard InChI is InChI=1S/C25H26FNO4/c1-29-18-9-12-20(24(16-18)30-2)22-8-5-15-27(22)25(28)14-11-17-10-13-23(31-17)19-6-3-4-7-21(19)26/h3-4,6-7,9-10,12-13,16,22H,5,8,11,14-15H2,1-2H3. The van der Waals surface area contributed by atoms with Crippen molar-refractivity contribution in [2.45, 2.75) is 31.7 Å². The van der Waals surface area contributed by atoms with Gasteiger partial charge in [0.05, 0.1) is 25.8 Å². The molecule has 0 bridgehead atoms. The molecule has 2 aromatic carbocycles. The molecule has 0 aliphatic carbocycles. The molecule has 5 nitrogen and oxygen atoms in total. The van der Waals surface area contributed by atoms with Crippen LogP contribution in [0.5, 0.6) is 11.5 Å². The van der Waals surface area contributed by atoms with Gasteiger partial charge in [0.2, 0.25) is 5.91 Å². The highest BCUT2D eigenvalue weighted by molar-refractivity contribution is 5.77. The zero-order chi connectivity index (χ0) is 21.8. The number of carbonyl (C=O) groups excluding carboxylic acids is 1. The minimum absolute atomic E-state index is 0.0149. The van der Waals surface area contributed by atoms with Gasteiger partial charge in [-0.25, -0.2) is 4.39 Å². The van der Waals surface area contributed by atoms with Gasteiger partial charge in [0.25, 0.3) is 0 Å². The first-order valence-corrected chi connectivity index (χ1v) is 10.5. The van der Waals surface area contributed by atoms with Crippen molar-refractivity contribution in [2.24, 2.45) is 0 Å². The molecule has 31 heavy (non-hydrogen) atoms. The van der Waals surface area contributed by atoms with Crippen LogP contribution >= 0.6 is 0 Å². The summed E-state index contributed by atoms with van der Waals surface area (Å²) in [4.78, 5) is 14.9. The van der Waals surface area contributed by atoms with Crippen LogP contribution in [-0.4, -0.2) is 31.6 Å². The number of nitrogens with zero attached hydrogens (tertiary/aromatic N) is 1. The molecule has 1 amide bonds. The molecule has 1 aliphatic rings. The highest BCUT2D eigenvalue weighted by Crippen LogP contribution is 2.39. The number of ether oxygens (including phenoxy) is 2. The fourth-order valence-electron chi connectivity index (χ4n) is 4.17. The lowest BCUT2D eigenvalue weighted by Crippen LogP contribution is -2.30. The van der Waals surface area contributed by atoms with Crippen molar-refractivity contribution in [1.82, 2.24) is 4.90 Å². The summed E-state index contributed by atoms with van der Waals surface area (Å²) in [6.45, 7) is 0.720. The van der Waals surface area contributed by atoms with E-state index in [1.807, 2.05) is 29.2 Å². The first-order valence-electron chi connectivity index (χ1n) is 10.5. The fourth-order valence-corrected chi connectivity index (χ4v) is 4.17. The number of rotatable bonds is 7. The molecule has 0 spiro atoms. The SMILES string of the molecule is COc1ccc(C2CCCN2C(=O)CCc2ccc(-c3ccccc3F)o2)c(OC)c1. The maximum absolute atomic E-state index is 14.0. The number of amides is 1. The lowest BCUT2D eigenvalue weighted by Gasteiger charge is -2.26. The average Bonchev–Trinajstić information content (AvgIpc) is 3.47. The summed E-state index contributed by atoms with van der Waals surface area (Å²) < 4.78 is 30.6. The van der Waals surface area contributed by atoms with Crippen LogP contribution in [0.1, 0.15) is 36.6 Å². The molecule has 1 aromatic heterocycles. The molecule has 2 heterocycles. The van der Waals surface area contributed by atoms with Crippen LogP contribution in [0.25, 0.3) is 11.3 Å². The number of furan rings is 1. The van der Waals surface area contributed by atoms with Gasteiger partial charge in [-0.05, 0) is 49.2 Å². The van der Waals surface area contributed by atoms with E-state index in [1.165, 1.54) is 6.07 Å². The third-order valence-electron chi connectivity index (χ3n) is 5.76. The van der Waals surface area contributed by atoms with Gasteiger partial charge in [-0.2, -0.15) is 0 Å². The fraction of sp³-hybridized carbons (Fsp3) is 0.320. The number of benzene rings is 2. The van der Waals surface area contributed by atoms with Crippen LogP contribution in [0, 0.1) is 5.82 Å². The van der Waals surface area contributed by atoms with Gasteiger partial charge >= 0.3 is 0 Å². The van der Waals surface area contributed by atoms with E-state index in [4.69, 9.17) is 13.9 Å². The van der Waals surface area contributed by atoms with E-state index in [1.54, 1.807) is 38.5 Å². The van der Waals surface area contributed by atoms with Gasteiger partial charge < -0.3 is 18.8 Å². The Hall–Kier alpha value is -3.28. The lowest BCUT2D eigenvalue weighted by molar-refractivity contribution is -0.132. The van der Waals surface area contributed by atoms with Crippen molar-refractivity contribution < 1.29 is 23.1 Å². The number of carbonyl (C=O) groups is 1. The number of hydrogen-bond acceptors (Lipinski definition) is 4. The molecule has 162 valence electrons. The van der Waals surface area contributed by atoms with Crippen molar-refractivity contribution in [1.29, 1.82) is 0 Å². The van der Waals surface area contributed by atoms with Gasteiger partial charge in [-0.1, -0.05) is 12.1 Å². The molecule has 0 N–H and O–H groups in total. The van der Waals surface area contributed by atoms with E-state index >= 15 is 0 Å². The zero-order valence-electron chi connectivity index (χ0n) is 17.8. The number of methoxy groups -OCH3 is 2. The molecule has 6 heteroatoms. The van der Waals surface area contributed by atoms with Gasteiger partial charge in [-0.15, -0.1) is 0 Å². The minimum Gasteiger partial charge on any atom is -0.497 e. The minimum atomic E-state index is -0.326. The Balaban J connectivity index is 1.44. The third-order valence-corrected chi connectivity index (χ3v) is 5.76. The average molecular weight is 423 g/mol. The van der Waals surface area contributed by atoms with Crippen LogP contribution < -0.4 is 9.47 Å². The molecule has 4 rings (SSSR count). The van der Waals surface area contributed by atoms with Crippen LogP contribution in [0.2, 0.25) is 0 Å². The second-order valence-electron chi connectivity index (χ2n) is 7.60. The van der Waals surface area contributed by atoms with Gasteiger partial charge in [-0.3, -0.25) is 4.79 Å². The number of hydrogen-bond donors (Lipinski definition) is 0. The first-order chi connectivity index (χ1) is 15.1. The molecular formula is C25H26FNO4. The van der Waals surface area contributed by atoms with E-state index in [2.05, 4.69) is 0 Å². The molecular weight excluding hydrogens is 397 g/mol. The van der Waals surface area contributed by atoms with Crippen LogP contribution in [-0.2, 0) is 11.2 Å². The Morgan fingerprint density at radius 3 is 2.74 bits per heavy atom. The lowest BCUT2D eigenvalue weighted by atomic mass is 10.0. The van der Waals surface area contributed by atoms with E-state index in [0.717, 1.165) is 36.4 Å². The predicted octanol–water partition coefficient (Wildman–Crippen LogP) is 5.40. The van der Waals surface area contributed by atoms with Crippen molar-refractivity contribution in [3.63, 3.8) is 0 Å². The normalized spacial score (nSPS) is 15.8. The molecule has 1 aliphatic heterocycles. The zero-order valence-corrected chi connectivity index (χ0v) is 17.8. The summed E-state index contributed by atoms with van der Waals surface area (Å²) >= 11 is 0. The first kappa shape index (κ1) is 21.0. The molecule has 1 saturated heterocycles. The van der Waals surface area contributed by atoms with E-state index in [0.29, 0.717) is 29.9 Å². The molecule has 0 saturated carbocycles. The van der Waals surface area contributed by atoms with Crippen molar-refractivity contribution in [2.75, 3.05) is 20.8 Å². The summed E-state index contributed by atoms with van der Waals surface area (Å²) in [7, 11) is 3.25. The van der Waals surface area contributed by atoms with E-state index in [9.17, 15) is 9.18 Å². The predicted molar refractivity (Wildman–Crippen MR) is 116 cm³/mol. The van der Waals surface area contributed by atoms with E-state index in [-0.39, 0.29) is 17.8 Å². The Labute approximate surface area is 181 Å². The molecule has 1 atom stereocenters. The summed E-state index contributed by atoms with van der Waals surface area (Å²) in [6.07, 6.45) is 2.64. The molecule has 3 aromatic rings. The number of halogens is 1. The second kappa shape index (κ2) is 9.25. The topological polar surface area (TPSA) is 51.9 Å².